The number of thioether (sulfide) groups is 1. The molecule has 0 bridgehead atoms. The van der Waals surface area contributed by atoms with Gasteiger partial charge in [-0.15, -0.1) is 6.58 Å². The van der Waals surface area contributed by atoms with Crippen LogP contribution in [0.25, 0.3) is 17.0 Å². The van der Waals surface area contributed by atoms with E-state index in [1.807, 2.05) is 42.5 Å². The summed E-state index contributed by atoms with van der Waals surface area (Å²) in [6.45, 7) is 4.91. The number of fused-ring (bicyclic) bond motifs is 1. The zero-order valence-electron chi connectivity index (χ0n) is 18.0. The Balaban J connectivity index is 1.54. The average Bonchev–Trinajstić information content (AvgIpc) is 3.27. The van der Waals surface area contributed by atoms with Gasteiger partial charge in [0, 0.05) is 29.7 Å². The van der Waals surface area contributed by atoms with Crippen LogP contribution in [0.5, 0.6) is 11.5 Å². The first-order valence-corrected chi connectivity index (χ1v) is 11.4. The Kier molecular flexibility index (Phi) is 6.67. The number of allylic oxidation sites excluding steroid dienone is 1. The molecule has 0 saturated carbocycles. The Hall–Kier alpha value is -3.03. The van der Waals surface area contributed by atoms with E-state index in [1.165, 1.54) is 16.7 Å². The number of benzene rings is 2. The number of hydrogen-bond donors (Lipinski definition) is 0. The van der Waals surface area contributed by atoms with Crippen molar-refractivity contribution in [3.05, 3.63) is 77.3 Å². The number of nitrogens with zero attached hydrogens (tertiary/aromatic N) is 2. The van der Waals surface area contributed by atoms with Gasteiger partial charge in [0.1, 0.15) is 10.9 Å². The fraction of sp³-hybridized carbons (Fsp3) is 0.200. The summed E-state index contributed by atoms with van der Waals surface area (Å²) < 4.78 is 14.2. The maximum Gasteiger partial charge on any atom is 0.265 e. The van der Waals surface area contributed by atoms with Crippen LogP contribution < -0.4 is 9.47 Å². The van der Waals surface area contributed by atoms with E-state index in [-0.39, 0.29) is 5.91 Å². The van der Waals surface area contributed by atoms with Gasteiger partial charge in [-0.2, -0.15) is 0 Å². The molecule has 1 aliphatic rings. The second-order valence-corrected chi connectivity index (χ2v) is 9.04. The molecule has 1 fully saturated rings. The number of hydrogen-bond acceptors (Lipinski definition) is 5. The van der Waals surface area contributed by atoms with Crippen LogP contribution in [0, 0.1) is 0 Å². The van der Waals surface area contributed by atoms with Gasteiger partial charge in [-0.05, 0) is 36.3 Å². The molecule has 1 aromatic heterocycles. The monoisotopic (exact) mass is 464 g/mol. The number of rotatable bonds is 8. The number of aromatic nitrogens is 1. The van der Waals surface area contributed by atoms with Gasteiger partial charge in [0.2, 0.25) is 0 Å². The van der Waals surface area contributed by atoms with Gasteiger partial charge in [-0.25, -0.2) is 0 Å². The molecule has 0 spiro atoms. The van der Waals surface area contributed by atoms with Gasteiger partial charge < -0.3 is 14.0 Å². The van der Waals surface area contributed by atoms with Crippen molar-refractivity contribution in [1.82, 2.24) is 9.47 Å². The average molecular weight is 465 g/mol. The van der Waals surface area contributed by atoms with Crippen molar-refractivity contribution in [2.75, 3.05) is 20.8 Å². The Morgan fingerprint density at radius 1 is 1.19 bits per heavy atom. The first-order valence-electron chi connectivity index (χ1n) is 10.2. The van der Waals surface area contributed by atoms with Crippen LogP contribution in [-0.4, -0.2) is 40.5 Å². The Bertz CT molecular complexity index is 1230. The minimum Gasteiger partial charge on any atom is -0.493 e. The lowest BCUT2D eigenvalue weighted by atomic mass is 10.1. The molecule has 0 radical (unpaired) electrons. The summed E-state index contributed by atoms with van der Waals surface area (Å²) in [5.74, 6) is 1.36. The van der Waals surface area contributed by atoms with Crippen LogP contribution in [-0.2, 0) is 17.8 Å². The van der Waals surface area contributed by atoms with E-state index in [9.17, 15) is 4.79 Å². The highest BCUT2D eigenvalue weighted by Crippen LogP contribution is 2.33. The van der Waals surface area contributed by atoms with Crippen LogP contribution in [0.2, 0.25) is 0 Å². The van der Waals surface area contributed by atoms with Gasteiger partial charge in [-0.1, -0.05) is 54.3 Å². The highest BCUT2D eigenvalue weighted by atomic mass is 32.2. The lowest BCUT2D eigenvalue weighted by Crippen LogP contribution is -2.22. The summed E-state index contributed by atoms with van der Waals surface area (Å²) >= 11 is 6.58. The van der Waals surface area contributed by atoms with Crippen LogP contribution in [0.4, 0.5) is 0 Å². The lowest BCUT2D eigenvalue weighted by molar-refractivity contribution is -0.121. The second kappa shape index (κ2) is 9.63. The summed E-state index contributed by atoms with van der Waals surface area (Å²) in [7, 11) is 3.35. The van der Waals surface area contributed by atoms with Crippen molar-refractivity contribution in [3.8, 4) is 11.5 Å². The number of para-hydroxylation sites is 1. The van der Waals surface area contributed by atoms with E-state index >= 15 is 0 Å². The molecule has 1 saturated heterocycles. The van der Waals surface area contributed by atoms with E-state index in [2.05, 4.69) is 29.5 Å². The normalized spacial score (nSPS) is 15.1. The molecule has 4 rings (SSSR count). The molecule has 0 aliphatic carbocycles. The highest BCUT2D eigenvalue weighted by molar-refractivity contribution is 8.26. The number of thiocarbonyl (C=S) groups is 1. The van der Waals surface area contributed by atoms with Crippen LogP contribution in [0.15, 0.2) is 66.2 Å². The molecule has 1 aliphatic heterocycles. The van der Waals surface area contributed by atoms with E-state index in [0.717, 1.165) is 28.5 Å². The molecule has 32 heavy (non-hydrogen) atoms. The lowest BCUT2D eigenvalue weighted by Gasteiger charge is -2.12. The largest absolute Gasteiger partial charge is 0.493 e. The van der Waals surface area contributed by atoms with Crippen LogP contribution in [0.3, 0.4) is 0 Å². The van der Waals surface area contributed by atoms with Gasteiger partial charge in [-0.3, -0.25) is 9.69 Å². The van der Waals surface area contributed by atoms with Crippen molar-refractivity contribution in [1.29, 1.82) is 0 Å². The summed E-state index contributed by atoms with van der Waals surface area (Å²) in [5.41, 5.74) is 3.20. The minimum absolute atomic E-state index is 0.0628. The van der Waals surface area contributed by atoms with Crippen molar-refractivity contribution >= 4 is 51.2 Å². The summed E-state index contributed by atoms with van der Waals surface area (Å²) in [4.78, 5) is 14.6. The third kappa shape index (κ3) is 4.45. The van der Waals surface area contributed by atoms with Gasteiger partial charge in [0.05, 0.1) is 18.6 Å². The smallest absolute Gasteiger partial charge is 0.265 e. The quantitative estimate of drug-likeness (QED) is 0.258. The summed E-state index contributed by atoms with van der Waals surface area (Å²) in [6.07, 6.45) is 6.62. The fourth-order valence-electron chi connectivity index (χ4n) is 3.64. The number of methoxy groups -OCH3 is 1. The molecule has 2 aromatic carbocycles. The van der Waals surface area contributed by atoms with E-state index in [0.29, 0.717) is 33.9 Å². The Morgan fingerprint density at radius 2 is 2.00 bits per heavy atom. The van der Waals surface area contributed by atoms with Gasteiger partial charge in [0.25, 0.3) is 5.91 Å². The Morgan fingerprint density at radius 3 is 2.72 bits per heavy atom. The number of amides is 1. The first kappa shape index (κ1) is 22.2. The van der Waals surface area contributed by atoms with Gasteiger partial charge >= 0.3 is 0 Å². The number of carbonyl (C=O) groups excluding carboxylic acids is 1. The number of carbonyl (C=O) groups is 1. The molecule has 0 N–H and O–H groups in total. The molecule has 7 heteroatoms. The Labute approximate surface area is 197 Å². The SMILES string of the molecule is C=CCc1ccc(OCCn2cc(/C=C3\SC(=S)N(C)C3=O)c3ccccc32)c(OC)c1. The van der Waals surface area contributed by atoms with Crippen molar-refractivity contribution in [3.63, 3.8) is 0 Å². The zero-order chi connectivity index (χ0) is 22.7. The standard InChI is InChI=1S/C25H24N2O3S2/c1-4-7-17-10-11-21(22(14-17)29-3)30-13-12-27-16-18(19-8-5-6-9-20(19)27)15-23-24(28)26(2)25(31)32-23/h4-6,8-11,14-16H,1,7,12-13H2,2-3H3/b23-15-. The molecular formula is C25H24N2O3S2. The molecule has 5 nitrogen and oxygen atoms in total. The fourth-order valence-corrected chi connectivity index (χ4v) is 4.81. The number of ether oxygens (including phenoxy) is 2. The zero-order valence-corrected chi connectivity index (χ0v) is 19.7. The van der Waals surface area contributed by atoms with Crippen molar-refractivity contribution in [2.45, 2.75) is 13.0 Å². The van der Waals surface area contributed by atoms with Crippen molar-refractivity contribution < 1.29 is 14.3 Å². The number of likely N-dealkylation sites (N-methyl/N-ethyl adjacent to an activating group) is 1. The molecule has 0 unspecified atom stereocenters. The molecule has 164 valence electrons. The maximum absolute atomic E-state index is 12.4. The second-order valence-electron chi connectivity index (χ2n) is 7.36. The molecule has 0 atom stereocenters. The predicted molar refractivity (Wildman–Crippen MR) is 135 cm³/mol. The first-order chi connectivity index (χ1) is 15.5. The van der Waals surface area contributed by atoms with E-state index in [1.54, 1.807) is 14.2 Å². The molecule has 2 heterocycles. The van der Waals surface area contributed by atoms with E-state index < -0.39 is 0 Å². The minimum atomic E-state index is -0.0628. The highest BCUT2D eigenvalue weighted by Gasteiger charge is 2.29. The maximum atomic E-state index is 12.4. The van der Waals surface area contributed by atoms with Crippen molar-refractivity contribution in [2.24, 2.45) is 0 Å². The van der Waals surface area contributed by atoms with Crippen LogP contribution in [0.1, 0.15) is 11.1 Å². The third-order valence-electron chi connectivity index (χ3n) is 5.29. The summed E-state index contributed by atoms with van der Waals surface area (Å²) in [5, 5.41) is 1.08. The molecular weight excluding hydrogens is 440 g/mol. The van der Waals surface area contributed by atoms with E-state index in [4.69, 9.17) is 21.7 Å². The third-order valence-corrected chi connectivity index (χ3v) is 6.78. The predicted octanol–water partition coefficient (Wildman–Crippen LogP) is 5.29. The van der Waals surface area contributed by atoms with Crippen LogP contribution >= 0.6 is 24.0 Å². The molecule has 1 amide bonds. The molecule has 3 aromatic rings. The van der Waals surface area contributed by atoms with Gasteiger partial charge in [0.15, 0.2) is 11.5 Å². The topological polar surface area (TPSA) is 43.7 Å². The summed E-state index contributed by atoms with van der Waals surface area (Å²) in [6, 6.07) is 14.1.